The summed E-state index contributed by atoms with van der Waals surface area (Å²) in [7, 11) is 0. The van der Waals surface area contributed by atoms with Crippen LogP contribution in [0, 0.1) is 5.92 Å². The lowest BCUT2D eigenvalue weighted by Gasteiger charge is -2.13. The second kappa shape index (κ2) is 6.56. The first kappa shape index (κ1) is 12.2. The van der Waals surface area contributed by atoms with Gasteiger partial charge in [-0.25, -0.2) is 0 Å². The smallest absolute Gasteiger partial charge is 0.187 e. The highest BCUT2D eigenvalue weighted by Crippen LogP contribution is 2.15. The largest absolute Gasteiger partial charge is 0.359 e. The summed E-state index contributed by atoms with van der Waals surface area (Å²) in [6.45, 7) is 4.09. The maximum absolute atomic E-state index is 5.05. The van der Waals surface area contributed by atoms with Crippen molar-refractivity contribution in [2.75, 3.05) is 0 Å². The minimum absolute atomic E-state index is 0.345. The first-order chi connectivity index (χ1) is 7.18. The quantitative estimate of drug-likeness (QED) is 0.334. The predicted octanol–water partition coefficient (Wildman–Crippen LogP) is 2.20. The van der Waals surface area contributed by atoms with Gasteiger partial charge >= 0.3 is 0 Å². The molecule has 84 valence electrons. The van der Waals surface area contributed by atoms with Gasteiger partial charge in [0.1, 0.15) is 0 Å². The van der Waals surface area contributed by atoms with Crippen LogP contribution in [0.3, 0.4) is 0 Å². The van der Waals surface area contributed by atoms with E-state index < -0.39 is 0 Å². The molecule has 1 atom stereocenters. The van der Waals surface area contributed by atoms with E-state index in [1.807, 2.05) is 20.1 Å². The minimum Gasteiger partial charge on any atom is -0.359 e. The zero-order valence-electron chi connectivity index (χ0n) is 9.36. The lowest BCUT2D eigenvalue weighted by atomic mass is 9.96. The normalized spacial score (nSPS) is 20.9. The fourth-order valence-electron chi connectivity index (χ4n) is 1.45. The molecule has 0 aliphatic heterocycles. The number of nitrogens with one attached hydrogen (secondary N) is 2. The van der Waals surface area contributed by atoms with Gasteiger partial charge in [-0.2, -0.15) is 5.10 Å². The van der Waals surface area contributed by atoms with Gasteiger partial charge in [-0.05, 0) is 51.2 Å². The Balaban J connectivity index is 2.20. The summed E-state index contributed by atoms with van der Waals surface area (Å²) in [5.41, 5.74) is 2.83. The van der Waals surface area contributed by atoms with Crippen molar-refractivity contribution in [3.8, 4) is 0 Å². The molecule has 0 amide bonds. The second-order valence-corrected chi connectivity index (χ2v) is 4.47. The highest BCUT2D eigenvalue weighted by atomic mass is 32.1. The molecule has 0 heterocycles. The van der Waals surface area contributed by atoms with E-state index in [-0.39, 0.29) is 0 Å². The molecule has 1 aliphatic carbocycles. The molecule has 0 unspecified atom stereocenters. The summed E-state index contributed by atoms with van der Waals surface area (Å²) in [5, 5.41) is 7.80. The third kappa shape index (κ3) is 5.52. The van der Waals surface area contributed by atoms with Crippen LogP contribution in [0.1, 0.15) is 33.1 Å². The van der Waals surface area contributed by atoms with Gasteiger partial charge in [0.25, 0.3) is 0 Å². The highest BCUT2D eigenvalue weighted by molar-refractivity contribution is 7.80. The van der Waals surface area contributed by atoms with Gasteiger partial charge in [0.05, 0.1) is 0 Å². The van der Waals surface area contributed by atoms with Crippen LogP contribution in [-0.2, 0) is 0 Å². The number of allylic oxidation sites excluding steroid dienone is 2. The van der Waals surface area contributed by atoms with Gasteiger partial charge in [-0.15, -0.1) is 0 Å². The standard InChI is InChI=1S/C11H19N3S/c1-9(2)13-11(15)14-12-8-10-6-4-3-5-7-10/h3-4,8-10H,5-7H2,1-2H3,(H2,13,14,15)/b12-8-/t10-/m1/s1. The van der Waals surface area contributed by atoms with Gasteiger partial charge in [-0.1, -0.05) is 12.2 Å². The molecule has 0 aromatic heterocycles. The molecule has 15 heavy (non-hydrogen) atoms. The van der Waals surface area contributed by atoms with E-state index in [1.54, 1.807) is 0 Å². The number of thiocarbonyl (C=S) groups is 1. The lowest BCUT2D eigenvalue weighted by molar-refractivity contribution is 0.624. The first-order valence-electron chi connectivity index (χ1n) is 5.43. The van der Waals surface area contributed by atoms with Crippen LogP contribution in [0.15, 0.2) is 17.3 Å². The van der Waals surface area contributed by atoms with Gasteiger partial charge < -0.3 is 5.32 Å². The Morgan fingerprint density at radius 3 is 2.93 bits per heavy atom. The summed E-state index contributed by atoms with van der Waals surface area (Å²) in [6, 6.07) is 0.345. The fraction of sp³-hybridized carbons (Fsp3) is 0.636. The Morgan fingerprint density at radius 2 is 2.33 bits per heavy atom. The van der Waals surface area contributed by atoms with Crippen LogP contribution in [0.25, 0.3) is 0 Å². The van der Waals surface area contributed by atoms with Crippen molar-refractivity contribution in [1.29, 1.82) is 0 Å². The average molecular weight is 225 g/mol. The lowest BCUT2D eigenvalue weighted by Crippen LogP contribution is -2.36. The fourth-order valence-corrected chi connectivity index (χ4v) is 1.74. The van der Waals surface area contributed by atoms with Crippen molar-refractivity contribution in [2.45, 2.75) is 39.2 Å². The minimum atomic E-state index is 0.345. The van der Waals surface area contributed by atoms with Gasteiger partial charge in [-0.3, -0.25) is 5.43 Å². The molecule has 4 heteroatoms. The van der Waals surface area contributed by atoms with Crippen LogP contribution in [0.2, 0.25) is 0 Å². The summed E-state index contributed by atoms with van der Waals surface area (Å²) in [6.07, 6.45) is 9.83. The van der Waals surface area contributed by atoms with E-state index in [1.165, 1.54) is 6.42 Å². The van der Waals surface area contributed by atoms with Crippen LogP contribution in [0.4, 0.5) is 0 Å². The molecule has 0 aromatic rings. The zero-order chi connectivity index (χ0) is 11.1. The van der Waals surface area contributed by atoms with Crippen molar-refractivity contribution >= 4 is 23.5 Å². The summed E-state index contributed by atoms with van der Waals surface area (Å²) in [4.78, 5) is 0. The summed E-state index contributed by atoms with van der Waals surface area (Å²) >= 11 is 5.05. The third-order valence-corrected chi connectivity index (χ3v) is 2.39. The molecule has 0 saturated heterocycles. The third-order valence-electron chi connectivity index (χ3n) is 2.18. The highest BCUT2D eigenvalue weighted by Gasteiger charge is 2.06. The number of hydrazone groups is 1. The van der Waals surface area contributed by atoms with Crippen molar-refractivity contribution in [2.24, 2.45) is 11.0 Å². The molecular formula is C11H19N3S. The topological polar surface area (TPSA) is 36.4 Å². The molecule has 1 aliphatic rings. The maximum Gasteiger partial charge on any atom is 0.187 e. The summed E-state index contributed by atoms with van der Waals surface area (Å²) < 4.78 is 0. The number of nitrogens with zero attached hydrogens (tertiary/aromatic N) is 1. The van der Waals surface area contributed by atoms with Crippen molar-refractivity contribution in [1.82, 2.24) is 10.7 Å². The maximum atomic E-state index is 5.05. The molecule has 0 spiro atoms. The van der Waals surface area contributed by atoms with Gasteiger partial charge in [0.2, 0.25) is 0 Å². The second-order valence-electron chi connectivity index (χ2n) is 4.06. The molecule has 0 fully saturated rings. The Hall–Kier alpha value is -0.900. The van der Waals surface area contributed by atoms with E-state index in [4.69, 9.17) is 12.2 Å². The van der Waals surface area contributed by atoms with Crippen molar-refractivity contribution in [3.05, 3.63) is 12.2 Å². The van der Waals surface area contributed by atoms with E-state index >= 15 is 0 Å². The average Bonchev–Trinajstić information content (AvgIpc) is 2.18. The zero-order valence-corrected chi connectivity index (χ0v) is 10.2. The molecule has 0 aromatic carbocycles. The molecule has 0 radical (unpaired) electrons. The number of rotatable bonds is 3. The van der Waals surface area contributed by atoms with Crippen LogP contribution in [-0.4, -0.2) is 17.4 Å². The first-order valence-corrected chi connectivity index (χ1v) is 5.84. The van der Waals surface area contributed by atoms with Crippen LogP contribution >= 0.6 is 12.2 Å². The number of hydrogen-bond donors (Lipinski definition) is 2. The molecule has 1 rings (SSSR count). The summed E-state index contributed by atoms with van der Waals surface area (Å²) in [5.74, 6) is 0.560. The SMILES string of the molecule is CC(C)NC(=S)N/N=C\[C@@H]1CC=CCC1. The molecule has 2 N–H and O–H groups in total. The molecule has 3 nitrogen and oxygen atoms in total. The predicted molar refractivity (Wildman–Crippen MR) is 69.0 cm³/mol. The van der Waals surface area contributed by atoms with Crippen molar-refractivity contribution < 1.29 is 0 Å². The Bertz CT molecular complexity index is 259. The van der Waals surface area contributed by atoms with E-state index in [0.29, 0.717) is 17.1 Å². The van der Waals surface area contributed by atoms with Crippen LogP contribution < -0.4 is 10.7 Å². The molecule has 0 saturated carbocycles. The monoisotopic (exact) mass is 225 g/mol. The molecule has 0 bridgehead atoms. The van der Waals surface area contributed by atoms with E-state index in [2.05, 4.69) is 28.0 Å². The van der Waals surface area contributed by atoms with Gasteiger partial charge in [0.15, 0.2) is 5.11 Å². The Morgan fingerprint density at radius 1 is 1.53 bits per heavy atom. The van der Waals surface area contributed by atoms with Gasteiger partial charge in [0, 0.05) is 12.3 Å². The Kier molecular flexibility index (Phi) is 5.32. The van der Waals surface area contributed by atoms with Crippen LogP contribution in [0.5, 0.6) is 0 Å². The van der Waals surface area contributed by atoms with Crippen molar-refractivity contribution in [3.63, 3.8) is 0 Å². The number of hydrogen-bond acceptors (Lipinski definition) is 2. The van der Waals surface area contributed by atoms with E-state index in [9.17, 15) is 0 Å². The Labute approximate surface area is 97.0 Å². The molecular weight excluding hydrogens is 206 g/mol. The van der Waals surface area contributed by atoms with E-state index in [0.717, 1.165) is 12.8 Å².